The Hall–Kier alpha value is -8.61. The summed E-state index contributed by atoms with van der Waals surface area (Å²) in [6, 6.07) is 60.5. The minimum atomic E-state index is -0.429. The van der Waals surface area contributed by atoms with E-state index in [4.69, 9.17) is 21.3 Å². The second-order valence-corrected chi connectivity index (χ2v) is 16.1. The van der Waals surface area contributed by atoms with Crippen molar-refractivity contribution in [2.24, 2.45) is 0 Å². The zero-order chi connectivity index (χ0) is 47.6. The Morgan fingerprint density at radius 2 is 1.17 bits per heavy atom. The lowest BCUT2D eigenvalue weighted by atomic mass is 9.94. The predicted molar refractivity (Wildman–Crippen MR) is 264 cm³/mol. The Morgan fingerprint density at radius 3 is 1.89 bits per heavy atom. The predicted octanol–water partition coefficient (Wildman–Crippen LogP) is 14.7. The molecule has 310 valence electrons. The normalized spacial score (nSPS) is 14.4. The van der Waals surface area contributed by atoms with Crippen LogP contribution in [0.15, 0.2) is 231 Å². The first kappa shape index (κ1) is 33.0. The molecule has 12 rings (SSSR count). The first-order valence-corrected chi connectivity index (χ1v) is 21.5. The van der Waals surface area contributed by atoms with Crippen molar-refractivity contribution in [3.8, 4) is 50.7 Å². The van der Waals surface area contributed by atoms with Crippen molar-refractivity contribution < 1.29 is 16.3 Å². The summed E-state index contributed by atoms with van der Waals surface area (Å²) in [7, 11) is 0. The summed E-state index contributed by atoms with van der Waals surface area (Å²) >= 11 is 0. The van der Waals surface area contributed by atoms with E-state index in [1.54, 1.807) is 6.20 Å². The maximum Gasteiger partial charge on any atom is 0.226 e. The molecular formula is C59H42N4O2. The molecule has 4 heterocycles. The third-order valence-electron chi connectivity index (χ3n) is 12.2. The Kier molecular flexibility index (Phi) is 8.10. The number of rotatable bonds is 9. The number of pyridine rings is 1. The van der Waals surface area contributed by atoms with Crippen molar-refractivity contribution in [2.45, 2.75) is 6.92 Å². The van der Waals surface area contributed by atoms with Crippen LogP contribution in [0.1, 0.15) is 23.5 Å². The standard InChI is InChI=1S/C59H42N4O2/c1-40-34-56(60-37-52(40)43-22-10-4-11-23-43)63-53-31-15-14-28-50(53)51-33-32-47(36-54(51)63)65-46-27-16-26-45(35-46)55-38-64-59-57(44-24-12-5-13-25-44)62(39-61(55)59)58-48(41-18-6-2-7-19-41)29-17-30-49(58)42-20-8-3-9-21-42/h2-38H,39H2,1H3/i4D,10D,11D,22D,23D. The Labute approximate surface area is 384 Å². The molecule has 6 nitrogen and oxygen atoms in total. The first-order valence-electron chi connectivity index (χ1n) is 24.0. The Morgan fingerprint density at radius 1 is 0.538 bits per heavy atom. The van der Waals surface area contributed by atoms with E-state index in [0.29, 0.717) is 29.5 Å². The van der Waals surface area contributed by atoms with Gasteiger partial charge in [-0.15, -0.1) is 0 Å². The monoisotopic (exact) mass is 843 g/mol. The fraction of sp³-hybridized carbons (Fsp3) is 0.0339. The maximum atomic E-state index is 8.60. The van der Waals surface area contributed by atoms with Crippen molar-refractivity contribution in [1.82, 2.24) is 14.5 Å². The molecule has 0 saturated carbocycles. The maximum absolute atomic E-state index is 8.60. The largest absolute Gasteiger partial charge is 0.457 e. The fourth-order valence-electron chi connectivity index (χ4n) is 9.24. The van der Waals surface area contributed by atoms with Crippen LogP contribution in [0.25, 0.3) is 72.4 Å². The molecule has 10 aromatic rings. The number of hydrogen-bond donors (Lipinski definition) is 0. The van der Waals surface area contributed by atoms with Crippen molar-refractivity contribution in [1.29, 1.82) is 0 Å². The minimum Gasteiger partial charge on any atom is -0.457 e. The summed E-state index contributed by atoms with van der Waals surface area (Å²) < 4.78 is 57.2. The quantitative estimate of drug-likeness (QED) is 0.145. The average molecular weight is 844 g/mol. The van der Waals surface area contributed by atoms with E-state index in [0.717, 1.165) is 83.7 Å². The molecule has 0 saturated heterocycles. The number of aromatic nitrogens is 2. The number of aryl methyl sites for hydroxylation is 1. The smallest absolute Gasteiger partial charge is 0.226 e. The van der Waals surface area contributed by atoms with Gasteiger partial charge in [-0.25, -0.2) is 4.98 Å². The van der Waals surface area contributed by atoms with E-state index in [9.17, 15) is 0 Å². The molecule has 2 aromatic heterocycles. The van der Waals surface area contributed by atoms with Crippen LogP contribution in [0.3, 0.4) is 0 Å². The van der Waals surface area contributed by atoms with Crippen LogP contribution in [-0.2, 0) is 4.74 Å². The summed E-state index contributed by atoms with van der Waals surface area (Å²) in [4.78, 5) is 9.49. The van der Waals surface area contributed by atoms with Crippen LogP contribution >= 0.6 is 0 Å². The Bertz CT molecular complexity index is 3700. The van der Waals surface area contributed by atoms with E-state index in [2.05, 4.69) is 124 Å². The third kappa shape index (κ3) is 6.71. The van der Waals surface area contributed by atoms with Crippen LogP contribution in [0.4, 0.5) is 5.69 Å². The van der Waals surface area contributed by atoms with Crippen molar-refractivity contribution in [2.75, 3.05) is 11.6 Å². The molecule has 0 atom stereocenters. The van der Waals surface area contributed by atoms with Gasteiger partial charge in [-0.05, 0) is 65.6 Å². The lowest BCUT2D eigenvalue weighted by Crippen LogP contribution is -2.26. The van der Waals surface area contributed by atoms with Gasteiger partial charge in [0, 0.05) is 50.9 Å². The van der Waals surface area contributed by atoms with Crippen LogP contribution in [-0.4, -0.2) is 21.1 Å². The fourth-order valence-corrected chi connectivity index (χ4v) is 9.24. The zero-order valence-corrected chi connectivity index (χ0v) is 35.3. The molecule has 0 fully saturated rings. The molecule has 65 heavy (non-hydrogen) atoms. The second kappa shape index (κ2) is 15.9. The highest BCUT2D eigenvalue weighted by molar-refractivity contribution is 6.09. The number of ether oxygens (including phenoxy) is 2. The van der Waals surface area contributed by atoms with E-state index >= 15 is 0 Å². The van der Waals surface area contributed by atoms with E-state index in [-0.39, 0.29) is 29.7 Å². The number of hydrogen-bond acceptors (Lipinski definition) is 5. The first-order chi connectivity index (χ1) is 34.2. The number of benzene rings is 8. The van der Waals surface area contributed by atoms with Gasteiger partial charge in [0.1, 0.15) is 35.9 Å². The van der Waals surface area contributed by atoms with E-state index in [1.165, 1.54) is 0 Å². The molecule has 0 amide bonds. The topological polar surface area (TPSA) is 42.8 Å². The number of nitrogens with zero attached hydrogens (tertiary/aromatic N) is 4. The molecule has 0 spiro atoms. The highest BCUT2D eigenvalue weighted by Crippen LogP contribution is 2.49. The van der Waals surface area contributed by atoms with Gasteiger partial charge in [0.15, 0.2) is 0 Å². The van der Waals surface area contributed by atoms with Gasteiger partial charge in [-0.2, -0.15) is 0 Å². The average Bonchev–Trinajstić information content (AvgIpc) is 4.09. The number of para-hydroxylation sites is 2. The van der Waals surface area contributed by atoms with Crippen molar-refractivity contribution in [3.63, 3.8) is 0 Å². The molecule has 2 aliphatic heterocycles. The van der Waals surface area contributed by atoms with Crippen molar-refractivity contribution in [3.05, 3.63) is 247 Å². The molecule has 0 N–H and O–H groups in total. The van der Waals surface area contributed by atoms with Gasteiger partial charge in [0.2, 0.25) is 5.88 Å². The molecule has 2 aliphatic rings. The van der Waals surface area contributed by atoms with Gasteiger partial charge in [-0.1, -0.05) is 170 Å². The van der Waals surface area contributed by atoms with Crippen LogP contribution in [0.2, 0.25) is 0 Å². The van der Waals surface area contributed by atoms with Crippen LogP contribution < -0.4 is 9.64 Å². The van der Waals surface area contributed by atoms with Crippen LogP contribution in [0, 0.1) is 6.92 Å². The summed E-state index contributed by atoms with van der Waals surface area (Å²) in [5, 5.41) is 2.05. The van der Waals surface area contributed by atoms with Crippen molar-refractivity contribution >= 4 is 38.9 Å². The molecule has 0 bridgehead atoms. The molecule has 0 radical (unpaired) electrons. The van der Waals surface area contributed by atoms with E-state index in [1.807, 2.05) is 86.0 Å². The lowest BCUT2D eigenvalue weighted by molar-refractivity contribution is 0.297. The molecule has 6 heteroatoms. The number of anilines is 1. The second-order valence-electron chi connectivity index (χ2n) is 16.1. The summed E-state index contributed by atoms with van der Waals surface area (Å²) in [5.41, 5.74) is 12.5. The van der Waals surface area contributed by atoms with Gasteiger partial charge < -0.3 is 14.4 Å². The highest BCUT2D eigenvalue weighted by atomic mass is 16.5. The minimum absolute atomic E-state index is 0.124. The van der Waals surface area contributed by atoms with Gasteiger partial charge >= 0.3 is 0 Å². The van der Waals surface area contributed by atoms with E-state index < -0.39 is 6.04 Å². The highest BCUT2D eigenvalue weighted by Gasteiger charge is 2.40. The summed E-state index contributed by atoms with van der Waals surface area (Å²) in [6.45, 7) is 2.37. The van der Waals surface area contributed by atoms with Crippen LogP contribution in [0.5, 0.6) is 11.5 Å². The third-order valence-corrected chi connectivity index (χ3v) is 12.2. The molecule has 0 unspecified atom stereocenters. The summed E-state index contributed by atoms with van der Waals surface area (Å²) in [5.74, 6) is 2.64. The SMILES string of the molecule is [2H]c1c([2H])c([2H])c(-c2cnc(-n3c4ccccc4c4ccc(Oc5cccc(C6=COC7=C(c8ccccc8)N(c8c(-c9ccccc9)cccc8-c8ccccc8)CN67)c5)cc43)cc2C)c([2H])c1[2H]. The molecule has 8 aromatic carbocycles. The van der Waals surface area contributed by atoms with Gasteiger partial charge in [0.05, 0.1) is 29.3 Å². The van der Waals surface area contributed by atoms with Gasteiger partial charge in [0.25, 0.3) is 0 Å². The molecule has 0 aliphatic carbocycles. The van der Waals surface area contributed by atoms with Gasteiger partial charge in [-0.3, -0.25) is 9.47 Å². The lowest BCUT2D eigenvalue weighted by Gasteiger charge is -2.29. The number of fused-ring (bicyclic) bond motifs is 4. The zero-order valence-electron chi connectivity index (χ0n) is 40.3. The Balaban J connectivity index is 0.904. The summed E-state index contributed by atoms with van der Waals surface area (Å²) in [6.07, 6.45) is 3.43. The molecular weight excluding hydrogens is 797 g/mol.